The number of nitrogens with zero attached hydrogens (tertiary/aromatic N) is 2. The van der Waals surface area contributed by atoms with Crippen LogP contribution in [0.25, 0.3) is 10.9 Å². The van der Waals surface area contributed by atoms with Gasteiger partial charge in [0.25, 0.3) is 5.91 Å². The summed E-state index contributed by atoms with van der Waals surface area (Å²) in [5, 5.41) is 7.45. The molecule has 0 aliphatic carbocycles. The predicted molar refractivity (Wildman–Crippen MR) is 95.6 cm³/mol. The summed E-state index contributed by atoms with van der Waals surface area (Å²) in [5.41, 5.74) is 3.95. The van der Waals surface area contributed by atoms with Crippen LogP contribution < -0.4 is 10.7 Å². The second kappa shape index (κ2) is 5.92. The average Bonchev–Trinajstić information content (AvgIpc) is 2.53. The highest BCUT2D eigenvalue weighted by Crippen LogP contribution is 2.17. The molecule has 0 unspecified atom stereocenters. The third kappa shape index (κ3) is 2.80. The number of benzene rings is 2. The standard InChI is InChI=1S/C19H19N3O2/c1-11-5-7-15(13(3)9-11)20-19(24)17-18(23)14-10-12(2)6-8-16(14)22(4)21-17/h5-10H,1-4H3,(H,20,24). The lowest BCUT2D eigenvalue weighted by Crippen LogP contribution is -2.26. The van der Waals surface area contributed by atoms with Gasteiger partial charge in [-0.1, -0.05) is 29.3 Å². The maximum atomic E-state index is 12.7. The molecular formula is C19H19N3O2. The summed E-state index contributed by atoms with van der Waals surface area (Å²) in [6.45, 7) is 5.81. The molecule has 0 spiro atoms. The quantitative estimate of drug-likeness (QED) is 0.789. The molecule has 2 aromatic carbocycles. The number of rotatable bonds is 2. The normalized spacial score (nSPS) is 10.8. The Morgan fingerprint density at radius 1 is 1.04 bits per heavy atom. The molecule has 122 valence electrons. The average molecular weight is 321 g/mol. The van der Waals surface area contributed by atoms with Crippen LogP contribution in [-0.2, 0) is 7.05 Å². The van der Waals surface area contributed by atoms with E-state index >= 15 is 0 Å². The van der Waals surface area contributed by atoms with Crippen LogP contribution in [0, 0.1) is 20.8 Å². The molecular weight excluding hydrogens is 302 g/mol. The molecule has 0 aliphatic heterocycles. The summed E-state index contributed by atoms with van der Waals surface area (Å²) in [4.78, 5) is 25.2. The minimum atomic E-state index is -0.494. The molecule has 0 aliphatic rings. The van der Waals surface area contributed by atoms with Gasteiger partial charge in [-0.15, -0.1) is 0 Å². The summed E-state index contributed by atoms with van der Waals surface area (Å²) in [6, 6.07) is 11.3. The first-order valence-electron chi connectivity index (χ1n) is 7.73. The van der Waals surface area contributed by atoms with E-state index in [0.29, 0.717) is 16.6 Å². The monoisotopic (exact) mass is 321 g/mol. The van der Waals surface area contributed by atoms with Crippen LogP contribution >= 0.6 is 0 Å². The number of aromatic nitrogens is 2. The van der Waals surface area contributed by atoms with E-state index in [4.69, 9.17) is 0 Å². The van der Waals surface area contributed by atoms with Crippen LogP contribution in [0.1, 0.15) is 27.2 Å². The van der Waals surface area contributed by atoms with Crippen molar-refractivity contribution in [3.8, 4) is 0 Å². The summed E-state index contributed by atoms with van der Waals surface area (Å²) in [6.07, 6.45) is 0. The minimum absolute atomic E-state index is 0.101. The number of hydrogen-bond donors (Lipinski definition) is 1. The molecule has 5 nitrogen and oxygen atoms in total. The number of anilines is 1. The van der Waals surface area contributed by atoms with Gasteiger partial charge >= 0.3 is 0 Å². The van der Waals surface area contributed by atoms with E-state index in [-0.39, 0.29) is 11.1 Å². The largest absolute Gasteiger partial charge is 0.320 e. The molecule has 1 aromatic heterocycles. The second-order valence-corrected chi connectivity index (χ2v) is 6.09. The number of fused-ring (bicyclic) bond motifs is 1. The van der Waals surface area contributed by atoms with Crippen molar-refractivity contribution in [2.75, 3.05) is 5.32 Å². The topological polar surface area (TPSA) is 64.0 Å². The van der Waals surface area contributed by atoms with E-state index in [1.54, 1.807) is 17.8 Å². The van der Waals surface area contributed by atoms with E-state index in [9.17, 15) is 9.59 Å². The second-order valence-electron chi connectivity index (χ2n) is 6.09. The van der Waals surface area contributed by atoms with E-state index in [1.165, 1.54) is 0 Å². The zero-order valence-corrected chi connectivity index (χ0v) is 14.2. The predicted octanol–water partition coefficient (Wildman–Crippen LogP) is 3.11. The molecule has 3 aromatic rings. The highest BCUT2D eigenvalue weighted by atomic mass is 16.2. The molecule has 24 heavy (non-hydrogen) atoms. The van der Waals surface area contributed by atoms with Gasteiger partial charge in [0.2, 0.25) is 5.43 Å². The maximum Gasteiger partial charge on any atom is 0.280 e. The van der Waals surface area contributed by atoms with Gasteiger partial charge in [0, 0.05) is 12.7 Å². The van der Waals surface area contributed by atoms with E-state index in [0.717, 1.165) is 16.7 Å². The number of nitrogens with one attached hydrogen (secondary N) is 1. The first kappa shape index (κ1) is 15.9. The van der Waals surface area contributed by atoms with Gasteiger partial charge in [-0.3, -0.25) is 14.3 Å². The Bertz CT molecular complexity index is 1020. The van der Waals surface area contributed by atoms with Crippen molar-refractivity contribution in [2.45, 2.75) is 20.8 Å². The molecule has 0 fully saturated rings. The fourth-order valence-electron chi connectivity index (χ4n) is 2.77. The Balaban J connectivity index is 2.07. The number of hydrogen-bond acceptors (Lipinski definition) is 3. The van der Waals surface area contributed by atoms with Crippen molar-refractivity contribution >= 4 is 22.5 Å². The maximum absolute atomic E-state index is 12.7. The number of amides is 1. The smallest absolute Gasteiger partial charge is 0.280 e. The van der Waals surface area contributed by atoms with E-state index in [1.807, 2.05) is 51.1 Å². The third-order valence-electron chi connectivity index (χ3n) is 4.06. The Kier molecular flexibility index (Phi) is 3.93. The van der Waals surface area contributed by atoms with E-state index < -0.39 is 5.91 Å². The van der Waals surface area contributed by atoms with Gasteiger partial charge in [-0.05, 0) is 44.5 Å². The highest BCUT2D eigenvalue weighted by molar-refractivity contribution is 6.04. The zero-order chi connectivity index (χ0) is 17.4. The fraction of sp³-hybridized carbons (Fsp3) is 0.211. The summed E-state index contributed by atoms with van der Waals surface area (Å²) >= 11 is 0. The Hall–Kier alpha value is -2.95. The number of aryl methyl sites for hydroxylation is 4. The molecule has 0 saturated carbocycles. The molecule has 0 atom stereocenters. The molecule has 1 heterocycles. The van der Waals surface area contributed by atoms with Crippen LogP contribution in [0.5, 0.6) is 0 Å². The molecule has 1 amide bonds. The van der Waals surface area contributed by atoms with Crippen molar-refractivity contribution in [3.63, 3.8) is 0 Å². The molecule has 3 rings (SSSR count). The third-order valence-corrected chi connectivity index (χ3v) is 4.06. The van der Waals surface area contributed by atoms with Gasteiger partial charge < -0.3 is 5.32 Å². The zero-order valence-electron chi connectivity index (χ0n) is 14.2. The first-order chi connectivity index (χ1) is 11.4. The van der Waals surface area contributed by atoms with Crippen LogP contribution in [0.15, 0.2) is 41.2 Å². The van der Waals surface area contributed by atoms with Gasteiger partial charge in [0.15, 0.2) is 5.69 Å². The highest BCUT2D eigenvalue weighted by Gasteiger charge is 2.17. The molecule has 0 saturated heterocycles. The van der Waals surface area contributed by atoms with Crippen LogP contribution in [0.2, 0.25) is 0 Å². The summed E-state index contributed by atoms with van der Waals surface area (Å²) < 4.78 is 1.56. The molecule has 5 heteroatoms. The Labute approximate surface area is 139 Å². The lowest BCUT2D eigenvalue weighted by Gasteiger charge is -2.11. The van der Waals surface area contributed by atoms with Crippen molar-refractivity contribution in [1.29, 1.82) is 0 Å². The number of carbonyl (C=O) groups is 1. The fourth-order valence-corrected chi connectivity index (χ4v) is 2.77. The minimum Gasteiger partial charge on any atom is -0.320 e. The van der Waals surface area contributed by atoms with Gasteiger partial charge in [0.1, 0.15) is 0 Å². The Morgan fingerprint density at radius 3 is 2.42 bits per heavy atom. The van der Waals surface area contributed by atoms with Crippen LogP contribution in [0.3, 0.4) is 0 Å². The van der Waals surface area contributed by atoms with Crippen LogP contribution in [0.4, 0.5) is 5.69 Å². The lowest BCUT2D eigenvalue weighted by atomic mass is 10.1. The van der Waals surface area contributed by atoms with Gasteiger partial charge in [0.05, 0.1) is 10.9 Å². The van der Waals surface area contributed by atoms with Gasteiger partial charge in [-0.25, -0.2) is 0 Å². The Morgan fingerprint density at radius 2 is 1.71 bits per heavy atom. The van der Waals surface area contributed by atoms with Crippen molar-refractivity contribution in [3.05, 3.63) is 69.0 Å². The molecule has 0 radical (unpaired) electrons. The summed E-state index contributed by atoms with van der Waals surface area (Å²) in [5.74, 6) is -0.494. The van der Waals surface area contributed by atoms with Crippen molar-refractivity contribution in [1.82, 2.24) is 9.78 Å². The van der Waals surface area contributed by atoms with Crippen molar-refractivity contribution < 1.29 is 4.79 Å². The molecule has 0 bridgehead atoms. The van der Waals surface area contributed by atoms with E-state index in [2.05, 4.69) is 10.4 Å². The van der Waals surface area contributed by atoms with Crippen molar-refractivity contribution in [2.24, 2.45) is 7.05 Å². The van der Waals surface area contributed by atoms with Crippen LogP contribution in [-0.4, -0.2) is 15.7 Å². The molecule has 1 N–H and O–H groups in total. The summed E-state index contributed by atoms with van der Waals surface area (Å²) in [7, 11) is 1.73. The SMILES string of the molecule is Cc1ccc(NC(=O)c2nn(C)c3ccc(C)cc3c2=O)c(C)c1. The lowest BCUT2D eigenvalue weighted by molar-refractivity contribution is 0.101. The first-order valence-corrected chi connectivity index (χ1v) is 7.73. The van der Waals surface area contributed by atoms with Gasteiger partial charge in [-0.2, -0.15) is 5.10 Å². The number of carbonyl (C=O) groups excluding carboxylic acids is 1.